The van der Waals surface area contributed by atoms with Crippen LogP contribution in [0.5, 0.6) is 5.75 Å². The first kappa shape index (κ1) is 24.2. The Morgan fingerprint density at radius 1 is 1.31 bits per heavy atom. The Bertz CT molecular complexity index is 1240. The highest BCUT2D eigenvalue weighted by atomic mass is 19.1. The number of amides is 1. The van der Waals surface area contributed by atoms with Gasteiger partial charge >= 0.3 is 11.9 Å². The lowest BCUT2D eigenvalue weighted by atomic mass is 9.86. The van der Waals surface area contributed by atoms with Crippen LogP contribution in [0.3, 0.4) is 0 Å². The van der Waals surface area contributed by atoms with Gasteiger partial charge in [-0.2, -0.15) is 0 Å². The van der Waals surface area contributed by atoms with Gasteiger partial charge in [-0.15, -0.1) is 0 Å². The maximum absolute atomic E-state index is 14.2. The summed E-state index contributed by atoms with van der Waals surface area (Å²) in [6.45, 7) is 9.66. The standard InChI is InChI=1S/C26H25FN2O6/c1-3-34-23(30)6-4-5-15-7-8-16(28-2)11-21(15)29-24(31)19-14-26(19)9-10-35-22-13-20(27)17(25(32)33)12-18(22)26/h7-8,11-13,19H,3-6,9-10,14H2,1H3,(H,29,31)(H,32,33)/t19-,26-/m0/s1. The summed E-state index contributed by atoms with van der Waals surface area (Å²) in [5.74, 6) is -2.97. The molecular weight excluding hydrogens is 455 g/mol. The van der Waals surface area contributed by atoms with E-state index < -0.39 is 28.7 Å². The van der Waals surface area contributed by atoms with Crippen LogP contribution >= 0.6 is 0 Å². The topological polar surface area (TPSA) is 106 Å². The Morgan fingerprint density at radius 3 is 2.83 bits per heavy atom. The molecule has 1 spiro atoms. The number of nitrogens with one attached hydrogen (secondary N) is 1. The van der Waals surface area contributed by atoms with Crippen molar-refractivity contribution >= 4 is 29.2 Å². The highest BCUT2D eigenvalue weighted by Crippen LogP contribution is 2.61. The number of rotatable bonds is 8. The Balaban J connectivity index is 1.53. The lowest BCUT2D eigenvalue weighted by Gasteiger charge is -2.27. The largest absolute Gasteiger partial charge is 0.493 e. The van der Waals surface area contributed by atoms with Crippen molar-refractivity contribution in [2.45, 2.75) is 44.4 Å². The molecule has 2 aromatic carbocycles. The normalized spacial score (nSPS) is 19.7. The third-order valence-electron chi connectivity index (χ3n) is 6.65. The summed E-state index contributed by atoms with van der Waals surface area (Å²) < 4.78 is 24.7. The molecule has 0 radical (unpaired) electrons. The van der Waals surface area contributed by atoms with Gasteiger partial charge in [-0.25, -0.2) is 14.0 Å². The molecule has 1 aliphatic carbocycles. The first-order valence-corrected chi connectivity index (χ1v) is 11.5. The Hall–Kier alpha value is -3.93. The van der Waals surface area contributed by atoms with Gasteiger partial charge in [-0.05, 0) is 50.3 Å². The van der Waals surface area contributed by atoms with Crippen LogP contribution in [0.4, 0.5) is 15.8 Å². The summed E-state index contributed by atoms with van der Waals surface area (Å²) in [5.41, 5.74) is 1.15. The first-order chi connectivity index (χ1) is 16.8. The van der Waals surface area contributed by atoms with E-state index >= 15 is 0 Å². The van der Waals surface area contributed by atoms with Gasteiger partial charge in [0, 0.05) is 35.1 Å². The van der Waals surface area contributed by atoms with Crippen molar-refractivity contribution in [1.29, 1.82) is 0 Å². The molecule has 0 aromatic heterocycles. The van der Waals surface area contributed by atoms with Gasteiger partial charge < -0.3 is 19.9 Å². The van der Waals surface area contributed by atoms with Crippen molar-refractivity contribution in [3.8, 4) is 5.75 Å². The number of anilines is 1. The summed E-state index contributed by atoms with van der Waals surface area (Å²) in [4.78, 5) is 39.8. The molecule has 0 bridgehead atoms. The molecule has 2 N–H and O–H groups in total. The number of carboxylic acid groups (broad SMARTS) is 1. The Kier molecular flexibility index (Phi) is 6.74. The minimum absolute atomic E-state index is 0.247. The summed E-state index contributed by atoms with van der Waals surface area (Å²) in [7, 11) is 0. The van der Waals surface area contributed by atoms with Crippen LogP contribution in [-0.4, -0.2) is 36.2 Å². The third kappa shape index (κ3) is 4.83. The van der Waals surface area contributed by atoms with Gasteiger partial charge in [-0.1, -0.05) is 12.1 Å². The summed E-state index contributed by atoms with van der Waals surface area (Å²) in [6.07, 6.45) is 2.29. The Labute approximate surface area is 201 Å². The number of carbonyl (C=O) groups is 3. The number of hydrogen-bond acceptors (Lipinski definition) is 5. The fourth-order valence-corrected chi connectivity index (χ4v) is 4.77. The predicted molar refractivity (Wildman–Crippen MR) is 124 cm³/mol. The molecule has 1 heterocycles. The molecule has 1 fully saturated rings. The van der Waals surface area contributed by atoms with E-state index in [-0.39, 0.29) is 24.0 Å². The molecule has 0 saturated heterocycles. The molecule has 1 aliphatic heterocycles. The van der Waals surface area contributed by atoms with Gasteiger partial charge in [0.05, 0.1) is 25.3 Å². The molecule has 1 amide bonds. The summed E-state index contributed by atoms with van der Waals surface area (Å²) in [6, 6.07) is 7.39. The molecule has 2 aliphatic rings. The number of halogens is 1. The number of fused-ring (bicyclic) bond motifs is 2. The molecule has 1 saturated carbocycles. The average molecular weight is 480 g/mol. The van der Waals surface area contributed by atoms with Gasteiger partial charge in [-0.3, -0.25) is 9.59 Å². The van der Waals surface area contributed by atoms with E-state index in [0.717, 1.165) is 11.6 Å². The number of esters is 1. The minimum atomic E-state index is -1.38. The van der Waals surface area contributed by atoms with Crippen LogP contribution in [0.2, 0.25) is 0 Å². The van der Waals surface area contributed by atoms with E-state index in [4.69, 9.17) is 16.0 Å². The Morgan fingerprint density at radius 2 is 2.11 bits per heavy atom. The van der Waals surface area contributed by atoms with E-state index in [1.165, 1.54) is 6.07 Å². The van der Waals surface area contributed by atoms with E-state index in [1.54, 1.807) is 25.1 Å². The second kappa shape index (κ2) is 9.74. The SMILES string of the molecule is [C-]#[N+]c1ccc(CCCC(=O)OCC)c(NC(=O)[C@@H]2C[C@]23CCOc2cc(F)c(C(=O)O)cc23)c1. The minimum Gasteiger partial charge on any atom is -0.493 e. The second-order valence-corrected chi connectivity index (χ2v) is 8.75. The average Bonchev–Trinajstić information content (AvgIpc) is 3.54. The highest BCUT2D eigenvalue weighted by Gasteiger charge is 2.61. The van der Waals surface area contributed by atoms with Crippen LogP contribution < -0.4 is 10.1 Å². The van der Waals surface area contributed by atoms with Crippen LogP contribution in [-0.2, 0) is 26.2 Å². The van der Waals surface area contributed by atoms with E-state index in [2.05, 4.69) is 10.2 Å². The molecule has 8 nitrogen and oxygen atoms in total. The molecule has 35 heavy (non-hydrogen) atoms. The maximum Gasteiger partial charge on any atom is 0.338 e. The smallest absolute Gasteiger partial charge is 0.338 e. The quantitative estimate of drug-likeness (QED) is 0.421. The maximum atomic E-state index is 14.2. The predicted octanol–water partition coefficient (Wildman–Crippen LogP) is 4.64. The van der Waals surface area contributed by atoms with Crippen molar-refractivity contribution in [2.24, 2.45) is 5.92 Å². The molecule has 4 rings (SSSR count). The number of ether oxygens (including phenoxy) is 2. The summed E-state index contributed by atoms with van der Waals surface area (Å²) >= 11 is 0. The third-order valence-corrected chi connectivity index (χ3v) is 6.65. The van der Waals surface area contributed by atoms with Crippen molar-refractivity contribution in [1.82, 2.24) is 0 Å². The molecule has 2 atom stereocenters. The number of benzene rings is 2. The van der Waals surface area contributed by atoms with Crippen LogP contribution in [0, 0.1) is 18.3 Å². The van der Waals surface area contributed by atoms with Gasteiger partial charge in [0.2, 0.25) is 5.91 Å². The molecule has 2 aromatic rings. The van der Waals surface area contributed by atoms with Gasteiger partial charge in [0.1, 0.15) is 11.6 Å². The molecule has 182 valence electrons. The number of carboxylic acids is 1. The number of nitrogens with zero attached hydrogens (tertiary/aromatic N) is 1. The van der Waals surface area contributed by atoms with E-state index in [0.29, 0.717) is 55.8 Å². The molecule has 9 heteroatoms. The monoisotopic (exact) mass is 480 g/mol. The van der Waals surface area contributed by atoms with Crippen LogP contribution in [0.25, 0.3) is 4.85 Å². The number of aryl methyl sites for hydroxylation is 1. The highest BCUT2D eigenvalue weighted by molar-refractivity contribution is 5.97. The van der Waals surface area contributed by atoms with Crippen LogP contribution in [0.1, 0.15) is 54.1 Å². The fraction of sp³-hybridized carbons (Fsp3) is 0.385. The second-order valence-electron chi connectivity index (χ2n) is 8.75. The zero-order chi connectivity index (χ0) is 25.2. The zero-order valence-electron chi connectivity index (χ0n) is 19.2. The van der Waals surface area contributed by atoms with Crippen molar-refractivity contribution in [3.63, 3.8) is 0 Å². The van der Waals surface area contributed by atoms with E-state index in [1.807, 2.05) is 0 Å². The van der Waals surface area contributed by atoms with Gasteiger partial charge in [0.15, 0.2) is 5.69 Å². The van der Waals surface area contributed by atoms with Crippen molar-refractivity contribution < 1.29 is 33.4 Å². The van der Waals surface area contributed by atoms with E-state index in [9.17, 15) is 23.9 Å². The summed E-state index contributed by atoms with van der Waals surface area (Å²) in [5, 5.41) is 12.3. The van der Waals surface area contributed by atoms with Gasteiger partial charge in [0.25, 0.3) is 0 Å². The zero-order valence-corrected chi connectivity index (χ0v) is 19.2. The lowest BCUT2D eigenvalue weighted by molar-refractivity contribution is -0.143. The fourth-order valence-electron chi connectivity index (χ4n) is 4.77. The van der Waals surface area contributed by atoms with Crippen LogP contribution in [0.15, 0.2) is 30.3 Å². The van der Waals surface area contributed by atoms with Crippen molar-refractivity contribution in [3.05, 3.63) is 64.3 Å². The number of hydrogen-bond donors (Lipinski definition) is 2. The number of aromatic carboxylic acids is 1. The molecule has 0 unspecified atom stereocenters. The molecular formula is C26H25FN2O6. The van der Waals surface area contributed by atoms with Crippen molar-refractivity contribution in [2.75, 3.05) is 18.5 Å². The first-order valence-electron chi connectivity index (χ1n) is 11.5. The lowest BCUT2D eigenvalue weighted by Crippen LogP contribution is -2.27. The number of carbonyl (C=O) groups excluding carboxylic acids is 2.